The number of sulfonamides is 1. The highest BCUT2D eigenvalue weighted by Crippen LogP contribution is 2.68. The molecule has 0 saturated heterocycles. The number of nitrogens with two attached hydrogens (primary N) is 1. The van der Waals surface area contributed by atoms with Gasteiger partial charge in [0.2, 0.25) is 10.0 Å². The maximum atomic E-state index is 11.2. The summed E-state index contributed by atoms with van der Waals surface area (Å²) in [6.07, 6.45) is 0. The molecule has 1 atom stereocenters. The first-order valence-corrected chi connectivity index (χ1v) is 8.88. The van der Waals surface area contributed by atoms with E-state index in [-0.39, 0.29) is 10.9 Å². The zero-order chi connectivity index (χ0) is 16.1. The molecule has 0 aliphatic heterocycles. The Morgan fingerprint density at radius 3 is 2.00 bits per heavy atom. The normalized spacial score (nSPS) is 22.0. The molecular formula is C16H26N2O2S. The fourth-order valence-electron chi connectivity index (χ4n) is 3.20. The Kier molecular flexibility index (Phi) is 3.98. The van der Waals surface area contributed by atoms with E-state index < -0.39 is 10.0 Å². The van der Waals surface area contributed by atoms with E-state index >= 15 is 0 Å². The summed E-state index contributed by atoms with van der Waals surface area (Å²) in [6.45, 7) is 12.3. The van der Waals surface area contributed by atoms with Crippen LogP contribution in [0.3, 0.4) is 0 Å². The van der Waals surface area contributed by atoms with E-state index in [9.17, 15) is 8.42 Å². The lowest BCUT2D eigenvalue weighted by molar-refractivity contribution is 0.457. The first kappa shape index (κ1) is 16.5. The van der Waals surface area contributed by atoms with Crippen LogP contribution in [0.15, 0.2) is 29.2 Å². The Morgan fingerprint density at radius 1 is 1.14 bits per heavy atom. The molecule has 1 unspecified atom stereocenters. The lowest BCUT2D eigenvalue weighted by Crippen LogP contribution is -2.23. The average Bonchev–Trinajstić information content (AvgIpc) is 2.76. The smallest absolute Gasteiger partial charge is 0.238 e. The SMILES string of the molecule is CC(NCC1C(C)(C)C1(C)C)c1ccc(S(N)(=O)=O)cc1. The van der Waals surface area contributed by atoms with Gasteiger partial charge in [-0.05, 0) is 47.9 Å². The predicted octanol–water partition coefficient (Wildman–Crippen LogP) is 2.67. The lowest BCUT2D eigenvalue weighted by atomic mass is 10.0. The second kappa shape index (κ2) is 5.07. The molecule has 5 heteroatoms. The molecule has 118 valence electrons. The van der Waals surface area contributed by atoms with Gasteiger partial charge in [0.25, 0.3) is 0 Å². The van der Waals surface area contributed by atoms with E-state index in [0.29, 0.717) is 16.7 Å². The second-order valence-electron chi connectivity index (χ2n) is 7.24. The third-order valence-electron chi connectivity index (χ3n) is 5.66. The van der Waals surface area contributed by atoms with Crippen LogP contribution >= 0.6 is 0 Å². The van der Waals surface area contributed by atoms with Gasteiger partial charge in [-0.15, -0.1) is 0 Å². The summed E-state index contributed by atoms with van der Waals surface area (Å²) in [7, 11) is -3.61. The molecule has 3 N–H and O–H groups in total. The van der Waals surface area contributed by atoms with Crippen LogP contribution in [0.1, 0.15) is 46.2 Å². The molecule has 1 fully saturated rings. The number of hydrogen-bond donors (Lipinski definition) is 2. The van der Waals surface area contributed by atoms with Crippen molar-refractivity contribution in [2.75, 3.05) is 6.54 Å². The van der Waals surface area contributed by atoms with Crippen molar-refractivity contribution in [3.8, 4) is 0 Å². The molecule has 0 radical (unpaired) electrons. The fraction of sp³-hybridized carbons (Fsp3) is 0.625. The number of benzene rings is 1. The number of nitrogens with one attached hydrogen (secondary N) is 1. The van der Waals surface area contributed by atoms with Crippen LogP contribution in [0.5, 0.6) is 0 Å². The monoisotopic (exact) mass is 310 g/mol. The summed E-state index contributed by atoms with van der Waals surface area (Å²) >= 11 is 0. The molecule has 2 rings (SSSR count). The van der Waals surface area contributed by atoms with Gasteiger partial charge in [-0.3, -0.25) is 0 Å². The molecule has 21 heavy (non-hydrogen) atoms. The number of hydrogen-bond acceptors (Lipinski definition) is 3. The van der Waals surface area contributed by atoms with Crippen molar-refractivity contribution in [2.24, 2.45) is 21.9 Å². The van der Waals surface area contributed by atoms with E-state index in [1.54, 1.807) is 12.1 Å². The minimum Gasteiger partial charge on any atom is -0.310 e. The third kappa shape index (κ3) is 3.00. The Labute approximate surface area is 128 Å². The highest BCUT2D eigenvalue weighted by Gasteiger charge is 2.63. The van der Waals surface area contributed by atoms with Crippen LogP contribution in [-0.2, 0) is 10.0 Å². The molecule has 4 nitrogen and oxygen atoms in total. The van der Waals surface area contributed by atoms with Gasteiger partial charge in [0.1, 0.15) is 0 Å². The van der Waals surface area contributed by atoms with Crippen molar-refractivity contribution in [3.63, 3.8) is 0 Å². The van der Waals surface area contributed by atoms with Gasteiger partial charge in [-0.25, -0.2) is 13.6 Å². The van der Waals surface area contributed by atoms with Gasteiger partial charge < -0.3 is 5.32 Å². The highest BCUT2D eigenvalue weighted by molar-refractivity contribution is 7.89. The van der Waals surface area contributed by atoms with Gasteiger partial charge in [-0.1, -0.05) is 39.8 Å². The molecule has 1 aromatic rings. The van der Waals surface area contributed by atoms with Crippen molar-refractivity contribution < 1.29 is 8.42 Å². The van der Waals surface area contributed by atoms with Gasteiger partial charge >= 0.3 is 0 Å². The molecule has 1 aliphatic carbocycles. The Morgan fingerprint density at radius 2 is 1.62 bits per heavy atom. The maximum absolute atomic E-state index is 11.2. The predicted molar refractivity (Wildman–Crippen MR) is 85.3 cm³/mol. The van der Waals surface area contributed by atoms with E-state index in [4.69, 9.17) is 5.14 Å². The molecule has 0 aromatic heterocycles. The summed E-state index contributed by atoms with van der Waals surface area (Å²) in [5.41, 5.74) is 1.81. The zero-order valence-corrected chi connectivity index (χ0v) is 14.3. The van der Waals surface area contributed by atoms with Crippen LogP contribution in [0, 0.1) is 16.7 Å². The van der Waals surface area contributed by atoms with Crippen molar-refractivity contribution in [3.05, 3.63) is 29.8 Å². The van der Waals surface area contributed by atoms with Crippen molar-refractivity contribution in [1.82, 2.24) is 5.32 Å². The van der Waals surface area contributed by atoms with Crippen LogP contribution in [0.4, 0.5) is 0 Å². The summed E-state index contributed by atoms with van der Waals surface area (Å²) in [5, 5.41) is 8.66. The molecule has 0 heterocycles. The molecule has 0 amide bonds. The molecule has 0 bridgehead atoms. The first-order valence-electron chi connectivity index (χ1n) is 7.34. The molecule has 1 aliphatic rings. The van der Waals surface area contributed by atoms with Crippen molar-refractivity contribution >= 4 is 10.0 Å². The minimum atomic E-state index is -3.61. The summed E-state index contributed by atoms with van der Waals surface area (Å²) < 4.78 is 22.5. The van der Waals surface area contributed by atoms with Crippen LogP contribution in [-0.4, -0.2) is 15.0 Å². The average molecular weight is 310 g/mol. The topological polar surface area (TPSA) is 72.2 Å². The Hall–Kier alpha value is -0.910. The van der Waals surface area contributed by atoms with E-state index in [1.165, 1.54) is 0 Å². The first-order chi connectivity index (χ1) is 9.48. The maximum Gasteiger partial charge on any atom is 0.238 e. The number of rotatable bonds is 5. The Bertz CT molecular complexity index is 604. The molecule has 0 spiro atoms. The van der Waals surface area contributed by atoms with Crippen molar-refractivity contribution in [1.29, 1.82) is 0 Å². The summed E-state index contributed by atoms with van der Waals surface area (Å²) in [6, 6.07) is 6.95. The Balaban J connectivity index is 1.97. The second-order valence-corrected chi connectivity index (χ2v) is 8.80. The quantitative estimate of drug-likeness (QED) is 0.878. The fourth-order valence-corrected chi connectivity index (χ4v) is 3.72. The summed E-state index contributed by atoms with van der Waals surface area (Å²) in [4.78, 5) is 0.155. The third-order valence-corrected chi connectivity index (χ3v) is 6.59. The van der Waals surface area contributed by atoms with Crippen LogP contribution in [0.25, 0.3) is 0 Å². The van der Waals surface area contributed by atoms with Crippen LogP contribution < -0.4 is 10.5 Å². The highest BCUT2D eigenvalue weighted by atomic mass is 32.2. The molecular weight excluding hydrogens is 284 g/mol. The minimum absolute atomic E-state index is 0.155. The molecule has 1 saturated carbocycles. The standard InChI is InChI=1S/C16H26N2O2S/c1-11(18-10-14-15(2,3)16(14,4)5)12-6-8-13(9-7-12)21(17,19)20/h6-9,11,14,18H,10H2,1-5H3,(H2,17,19,20). The van der Waals surface area contributed by atoms with Gasteiger partial charge in [0, 0.05) is 6.04 Å². The van der Waals surface area contributed by atoms with E-state index in [2.05, 4.69) is 39.9 Å². The molecule has 1 aromatic carbocycles. The zero-order valence-electron chi connectivity index (χ0n) is 13.5. The lowest BCUT2D eigenvalue weighted by Gasteiger charge is -2.15. The van der Waals surface area contributed by atoms with Crippen molar-refractivity contribution in [2.45, 2.75) is 45.6 Å². The van der Waals surface area contributed by atoms with Crippen LogP contribution in [0.2, 0.25) is 0 Å². The summed E-state index contributed by atoms with van der Waals surface area (Å²) in [5.74, 6) is 0.663. The van der Waals surface area contributed by atoms with E-state index in [1.807, 2.05) is 12.1 Å². The van der Waals surface area contributed by atoms with E-state index in [0.717, 1.165) is 12.1 Å². The van der Waals surface area contributed by atoms with Gasteiger partial charge in [0.05, 0.1) is 4.90 Å². The largest absolute Gasteiger partial charge is 0.310 e. The van der Waals surface area contributed by atoms with Gasteiger partial charge in [-0.2, -0.15) is 0 Å². The number of primary sulfonamides is 1. The van der Waals surface area contributed by atoms with Gasteiger partial charge in [0.15, 0.2) is 0 Å².